The maximum Gasteiger partial charge on any atom is 0.228 e. The molecular weight excluding hydrogens is 132 g/mol. The second-order valence-corrected chi connectivity index (χ2v) is 1.90. The minimum atomic E-state index is 0.0718. The summed E-state index contributed by atoms with van der Waals surface area (Å²) in [6, 6.07) is 4.92. The summed E-state index contributed by atoms with van der Waals surface area (Å²) < 4.78 is 4.64. The average Bonchev–Trinajstić information content (AvgIpc) is 2.36. The van der Waals surface area contributed by atoms with Crippen LogP contribution in [0.2, 0.25) is 0 Å². The van der Waals surface area contributed by atoms with Crippen LogP contribution < -0.4 is 0 Å². The van der Waals surface area contributed by atoms with E-state index in [0.717, 1.165) is 0 Å². The summed E-state index contributed by atoms with van der Waals surface area (Å²) in [6.07, 6.45) is 0. The minimum absolute atomic E-state index is 0.0718. The highest BCUT2D eigenvalue weighted by molar-refractivity contribution is 5.77. The third-order valence-electron chi connectivity index (χ3n) is 1.25. The Morgan fingerprint density at radius 1 is 1.40 bits per heavy atom. The van der Waals surface area contributed by atoms with E-state index in [1.807, 2.05) is 0 Å². The van der Waals surface area contributed by atoms with Crippen LogP contribution in [0.4, 0.5) is 0 Å². The fourth-order valence-corrected chi connectivity index (χ4v) is 0.790. The zero-order valence-corrected chi connectivity index (χ0v) is 4.98. The van der Waals surface area contributed by atoms with Gasteiger partial charge in [0.05, 0.1) is 0 Å². The Bertz CT molecular complexity index is 355. The SMILES string of the molecule is Oc1cccc2nnoc12. The van der Waals surface area contributed by atoms with Gasteiger partial charge in [-0.3, -0.25) is 0 Å². The topological polar surface area (TPSA) is 59.2 Å². The van der Waals surface area contributed by atoms with E-state index < -0.39 is 0 Å². The van der Waals surface area contributed by atoms with Crippen molar-refractivity contribution < 1.29 is 9.63 Å². The Hall–Kier alpha value is -1.58. The van der Waals surface area contributed by atoms with Gasteiger partial charge in [-0.2, -0.15) is 0 Å². The number of para-hydroxylation sites is 1. The molecule has 0 saturated carbocycles. The molecule has 0 aliphatic rings. The monoisotopic (exact) mass is 136 g/mol. The number of benzene rings is 1. The number of fused-ring (bicyclic) bond motifs is 1. The molecule has 1 N–H and O–H groups in total. The quantitative estimate of drug-likeness (QED) is 0.585. The predicted molar refractivity (Wildman–Crippen MR) is 33.5 cm³/mol. The molecule has 1 heterocycles. The number of rotatable bonds is 0. The Morgan fingerprint density at radius 2 is 2.30 bits per heavy atom. The first-order valence-corrected chi connectivity index (χ1v) is 2.78. The Morgan fingerprint density at radius 3 is 3.10 bits per heavy atom. The van der Waals surface area contributed by atoms with Gasteiger partial charge in [-0.05, 0) is 12.1 Å². The van der Waals surface area contributed by atoms with Crippen LogP contribution in [-0.2, 0) is 0 Å². The van der Waals surface area contributed by atoms with Crippen LogP contribution in [0.1, 0.15) is 0 Å². The molecule has 0 spiro atoms. The first kappa shape index (κ1) is 5.22. The van der Waals surface area contributed by atoms with Gasteiger partial charge in [-0.25, -0.2) is 0 Å². The molecule has 4 nitrogen and oxygen atoms in total. The highest BCUT2D eigenvalue weighted by Crippen LogP contribution is 2.20. The van der Waals surface area contributed by atoms with Gasteiger partial charge < -0.3 is 9.63 Å². The van der Waals surface area contributed by atoms with Crippen LogP contribution in [0, 0.1) is 0 Å². The van der Waals surface area contributed by atoms with Gasteiger partial charge in [0, 0.05) is 5.27 Å². The van der Waals surface area contributed by atoms with E-state index in [4.69, 9.17) is 5.11 Å². The van der Waals surface area contributed by atoms with Crippen LogP contribution in [-0.4, -0.2) is 15.5 Å². The van der Waals surface area contributed by atoms with Crippen molar-refractivity contribution in [2.45, 2.75) is 0 Å². The molecule has 0 atom stereocenters. The number of phenolic OH excluding ortho intramolecular Hbond substituents is 1. The first-order valence-electron chi connectivity index (χ1n) is 2.78. The van der Waals surface area contributed by atoms with E-state index in [1.54, 1.807) is 12.1 Å². The lowest BCUT2D eigenvalue weighted by atomic mass is 10.3. The standard InChI is InChI=1S/C6H4N2O2/c9-5-3-1-2-4-6(5)10-8-7-4/h1-3,9H. The van der Waals surface area contributed by atoms with Crippen molar-refractivity contribution in [3.8, 4) is 5.75 Å². The first-order chi connectivity index (χ1) is 4.88. The van der Waals surface area contributed by atoms with Gasteiger partial charge >= 0.3 is 0 Å². The van der Waals surface area contributed by atoms with Gasteiger partial charge in [0.15, 0.2) is 5.75 Å². The van der Waals surface area contributed by atoms with Crippen molar-refractivity contribution in [2.24, 2.45) is 0 Å². The van der Waals surface area contributed by atoms with Gasteiger partial charge in [0.25, 0.3) is 0 Å². The smallest absolute Gasteiger partial charge is 0.228 e. The summed E-state index contributed by atoms with van der Waals surface area (Å²) in [5, 5.41) is 16.0. The van der Waals surface area contributed by atoms with E-state index in [9.17, 15) is 0 Å². The van der Waals surface area contributed by atoms with Crippen molar-refractivity contribution in [1.82, 2.24) is 10.4 Å². The molecule has 0 radical (unpaired) electrons. The molecule has 0 unspecified atom stereocenters. The maximum absolute atomic E-state index is 9.09. The van der Waals surface area contributed by atoms with Gasteiger partial charge in [-0.1, -0.05) is 6.07 Å². The molecule has 2 rings (SSSR count). The molecule has 4 heteroatoms. The zero-order chi connectivity index (χ0) is 6.97. The average molecular weight is 136 g/mol. The van der Waals surface area contributed by atoms with Crippen LogP contribution in [0.25, 0.3) is 11.1 Å². The summed E-state index contributed by atoms with van der Waals surface area (Å²) in [5.41, 5.74) is 0.905. The number of hydrogen-bond donors (Lipinski definition) is 1. The third kappa shape index (κ3) is 0.556. The van der Waals surface area contributed by atoms with E-state index in [-0.39, 0.29) is 5.75 Å². The molecule has 0 fully saturated rings. The van der Waals surface area contributed by atoms with Crippen molar-refractivity contribution in [3.05, 3.63) is 18.2 Å². The molecule has 0 saturated heterocycles. The molecule has 0 aliphatic heterocycles. The number of hydrogen-bond acceptors (Lipinski definition) is 4. The lowest BCUT2D eigenvalue weighted by Gasteiger charge is -1.86. The Kier molecular flexibility index (Phi) is 0.887. The Balaban J connectivity index is 2.95. The largest absolute Gasteiger partial charge is 0.504 e. The van der Waals surface area contributed by atoms with Gasteiger partial charge in [0.1, 0.15) is 5.52 Å². The summed E-state index contributed by atoms with van der Waals surface area (Å²) in [7, 11) is 0. The molecule has 1 aromatic heterocycles. The summed E-state index contributed by atoms with van der Waals surface area (Å²) >= 11 is 0. The number of phenols is 1. The zero-order valence-electron chi connectivity index (χ0n) is 4.98. The number of nitrogens with zero attached hydrogens (tertiary/aromatic N) is 2. The van der Waals surface area contributed by atoms with Crippen LogP contribution in [0.3, 0.4) is 0 Å². The van der Waals surface area contributed by atoms with E-state index in [2.05, 4.69) is 14.9 Å². The highest BCUT2D eigenvalue weighted by atomic mass is 16.5. The summed E-state index contributed by atoms with van der Waals surface area (Å²) in [4.78, 5) is 0. The maximum atomic E-state index is 9.09. The Labute approximate surface area is 56.1 Å². The van der Waals surface area contributed by atoms with E-state index >= 15 is 0 Å². The third-order valence-corrected chi connectivity index (χ3v) is 1.25. The second-order valence-electron chi connectivity index (χ2n) is 1.90. The molecule has 50 valence electrons. The van der Waals surface area contributed by atoms with E-state index in [0.29, 0.717) is 11.1 Å². The molecule has 10 heavy (non-hydrogen) atoms. The number of aromatic nitrogens is 2. The van der Waals surface area contributed by atoms with Crippen LogP contribution >= 0.6 is 0 Å². The lowest BCUT2D eigenvalue weighted by molar-refractivity contribution is 0.402. The van der Waals surface area contributed by atoms with Crippen LogP contribution in [0.15, 0.2) is 22.7 Å². The van der Waals surface area contributed by atoms with Gasteiger partial charge in [-0.15, -0.1) is 5.10 Å². The highest BCUT2D eigenvalue weighted by Gasteiger charge is 2.02. The van der Waals surface area contributed by atoms with E-state index in [1.165, 1.54) is 6.07 Å². The normalized spacial score (nSPS) is 10.4. The molecule has 1 aromatic carbocycles. The number of aromatic hydroxyl groups is 1. The van der Waals surface area contributed by atoms with Crippen molar-refractivity contribution in [2.75, 3.05) is 0 Å². The van der Waals surface area contributed by atoms with Crippen molar-refractivity contribution in [1.29, 1.82) is 0 Å². The minimum Gasteiger partial charge on any atom is -0.504 e. The lowest BCUT2D eigenvalue weighted by Crippen LogP contribution is -1.66. The second kappa shape index (κ2) is 1.70. The molecule has 0 amide bonds. The van der Waals surface area contributed by atoms with Gasteiger partial charge in [0.2, 0.25) is 5.58 Å². The fraction of sp³-hybridized carbons (Fsp3) is 0. The predicted octanol–water partition coefficient (Wildman–Crippen LogP) is 0.928. The molecular formula is C6H4N2O2. The summed E-state index contributed by atoms with van der Waals surface area (Å²) in [5.74, 6) is 0.0718. The summed E-state index contributed by atoms with van der Waals surface area (Å²) in [6.45, 7) is 0. The molecule has 2 aromatic rings. The van der Waals surface area contributed by atoms with Crippen LogP contribution in [0.5, 0.6) is 5.75 Å². The molecule has 0 bridgehead atoms. The van der Waals surface area contributed by atoms with Crippen molar-refractivity contribution in [3.63, 3.8) is 0 Å². The fourth-order valence-electron chi connectivity index (χ4n) is 0.790. The molecule has 0 aliphatic carbocycles. The van der Waals surface area contributed by atoms with Crippen molar-refractivity contribution >= 4 is 11.1 Å².